The van der Waals surface area contributed by atoms with Gasteiger partial charge in [0.25, 0.3) is 0 Å². The average molecular weight is 213 g/mol. The average Bonchev–Trinajstić information content (AvgIpc) is 2.29. The number of fused-ring (bicyclic) bond motifs is 3. The molecule has 0 amide bonds. The van der Waals surface area contributed by atoms with Crippen LogP contribution < -0.4 is 5.73 Å². The molecule has 2 N–H and O–H groups in total. The number of aromatic nitrogens is 2. The van der Waals surface area contributed by atoms with Gasteiger partial charge in [0.15, 0.2) is 5.82 Å². The Bertz CT molecular complexity index is 694. The van der Waals surface area contributed by atoms with E-state index < -0.39 is 0 Å². The summed E-state index contributed by atoms with van der Waals surface area (Å²) in [7, 11) is 0. The second-order valence-electron chi connectivity index (χ2n) is 3.56. The summed E-state index contributed by atoms with van der Waals surface area (Å²) in [5.41, 5.74) is 6.98. The Morgan fingerprint density at radius 2 is 2.00 bits per heavy atom. The van der Waals surface area contributed by atoms with Gasteiger partial charge in [-0.2, -0.15) is 0 Å². The van der Waals surface area contributed by atoms with Crippen LogP contribution in [0.5, 0.6) is 0 Å². The number of nitrogens with zero attached hydrogens (tertiary/aromatic N) is 2. The number of hydrogen-bond acceptors (Lipinski definition) is 3. The van der Waals surface area contributed by atoms with E-state index in [0.29, 0.717) is 16.9 Å². The second kappa shape index (κ2) is 3.13. The predicted molar refractivity (Wildman–Crippen MR) is 61.4 cm³/mol. The number of nitrogens with two attached hydrogens (primary N) is 1. The number of anilines is 1. The lowest BCUT2D eigenvalue weighted by Gasteiger charge is -2.04. The van der Waals surface area contributed by atoms with Gasteiger partial charge >= 0.3 is 0 Å². The highest BCUT2D eigenvalue weighted by atomic mass is 19.1. The minimum Gasteiger partial charge on any atom is -0.382 e. The molecule has 78 valence electrons. The Labute approximate surface area is 90.7 Å². The quantitative estimate of drug-likeness (QED) is 0.584. The van der Waals surface area contributed by atoms with Gasteiger partial charge < -0.3 is 5.73 Å². The van der Waals surface area contributed by atoms with Gasteiger partial charge in [-0.3, -0.25) is 4.98 Å². The topological polar surface area (TPSA) is 51.8 Å². The van der Waals surface area contributed by atoms with Crippen molar-refractivity contribution in [3.8, 4) is 0 Å². The van der Waals surface area contributed by atoms with Gasteiger partial charge in [-0.1, -0.05) is 6.07 Å². The van der Waals surface area contributed by atoms with Gasteiger partial charge in [-0.05, 0) is 18.2 Å². The van der Waals surface area contributed by atoms with Crippen LogP contribution in [-0.2, 0) is 0 Å². The molecule has 0 radical (unpaired) electrons. The Kier molecular flexibility index (Phi) is 1.77. The van der Waals surface area contributed by atoms with Crippen LogP contribution in [0.3, 0.4) is 0 Å². The van der Waals surface area contributed by atoms with Crippen LogP contribution in [0.1, 0.15) is 0 Å². The maximum Gasteiger partial charge on any atom is 0.150 e. The lowest BCUT2D eigenvalue weighted by atomic mass is 10.1. The molecule has 0 bridgehead atoms. The van der Waals surface area contributed by atoms with E-state index in [1.165, 1.54) is 12.1 Å². The summed E-state index contributed by atoms with van der Waals surface area (Å²) in [5.74, 6) is 0.0105. The predicted octanol–water partition coefficient (Wildman–Crippen LogP) is 2.50. The monoisotopic (exact) mass is 213 g/mol. The van der Waals surface area contributed by atoms with Crippen molar-refractivity contribution in [3.63, 3.8) is 0 Å². The van der Waals surface area contributed by atoms with Crippen LogP contribution in [0, 0.1) is 5.82 Å². The maximum atomic E-state index is 13.1. The van der Waals surface area contributed by atoms with Crippen LogP contribution >= 0.6 is 0 Å². The van der Waals surface area contributed by atoms with Crippen molar-refractivity contribution >= 4 is 27.6 Å². The summed E-state index contributed by atoms with van der Waals surface area (Å²) >= 11 is 0. The normalized spacial score (nSPS) is 11.1. The Balaban J connectivity index is 2.59. The third-order valence-electron chi connectivity index (χ3n) is 2.54. The minimum atomic E-state index is -0.317. The van der Waals surface area contributed by atoms with Crippen LogP contribution in [0.4, 0.5) is 10.2 Å². The highest BCUT2D eigenvalue weighted by Crippen LogP contribution is 2.26. The molecular formula is C12H8FN3. The largest absolute Gasteiger partial charge is 0.382 e. The number of nitrogen functional groups attached to an aromatic ring is 1. The number of benzene rings is 1. The Morgan fingerprint density at radius 1 is 1.12 bits per heavy atom. The van der Waals surface area contributed by atoms with E-state index in [2.05, 4.69) is 9.97 Å². The first-order valence-electron chi connectivity index (χ1n) is 4.85. The molecule has 3 rings (SSSR count). The van der Waals surface area contributed by atoms with E-state index in [1.807, 2.05) is 12.1 Å². The molecule has 0 fully saturated rings. The summed E-state index contributed by atoms with van der Waals surface area (Å²) in [6.45, 7) is 0. The van der Waals surface area contributed by atoms with Crippen LogP contribution in [0.15, 0.2) is 36.5 Å². The lowest BCUT2D eigenvalue weighted by Crippen LogP contribution is -1.95. The number of hydrogen-bond donors (Lipinski definition) is 1. The lowest BCUT2D eigenvalue weighted by molar-refractivity contribution is 0.629. The van der Waals surface area contributed by atoms with Gasteiger partial charge in [0.1, 0.15) is 11.3 Å². The second-order valence-corrected chi connectivity index (χ2v) is 3.56. The van der Waals surface area contributed by atoms with E-state index in [1.54, 1.807) is 12.3 Å². The summed E-state index contributed by atoms with van der Waals surface area (Å²) in [5, 5.41) is 1.75. The number of pyridine rings is 2. The molecule has 1 aromatic carbocycles. The van der Waals surface area contributed by atoms with Crippen molar-refractivity contribution in [1.29, 1.82) is 0 Å². The molecule has 2 heterocycles. The van der Waals surface area contributed by atoms with Gasteiger partial charge in [0.05, 0.1) is 5.52 Å². The van der Waals surface area contributed by atoms with E-state index >= 15 is 0 Å². The fraction of sp³-hybridized carbons (Fsp3) is 0. The molecule has 0 saturated carbocycles. The van der Waals surface area contributed by atoms with Crippen molar-refractivity contribution < 1.29 is 4.39 Å². The molecule has 16 heavy (non-hydrogen) atoms. The van der Waals surface area contributed by atoms with Crippen molar-refractivity contribution in [2.45, 2.75) is 0 Å². The van der Waals surface area contributed by atoms with E-state index in [4.69, 9.17) is 5.73 Å². The smallest absolute Gasteiger partial charge is 0.150 e. The van der Waals surface area contributed by atoms with Gasteiger partial charge in [-0.25, -0.2) is 9.37 Å². The number of rotatable bonds is 0. The summed E-state index contributed by atoms with van der Waals surface area (Å²) in [4.78, 5) is 8.31. The molecule has 2 aromatic heterocycles. The highest BCUT2D eigenvalue weighted by molar-refractivity contribution is 6.07. The third kappa shape index (κ3) is 1.20. The SMILES string of the molecule is Nc1nc2cc(F)ccc2c2cccnc12. The first kappa shape index (κ1) is 9.03. The molecule has 4 heteroatoms. The van der Waals surface area contributed by atoms with Crippen molar-refractivity contribution in [1.82, 2.24) is 9.97 Å². The van der Waals surface area contributed by atoms with Crippen LogP contribution in [-0.4, -0.2) is 9.97 Å². The molecule has 0 aliphatic rings. The maximum absolute atomic E-state index is 13.1. The first-order valence-corrected chi connectivity index (χ1v) is 4.85. The molecule has 0 aliphatic carbocycles. The van der Waals surface area contributed by atoms with Crippen molar-refractivity contribution in [3.05, 3.63) is 42.3 Å². The number of halogens is 1. The minimum absolute atomic E-state index is 0.317. The zero-order valence-corrected chi connectivity index (χ0v) is 8.31. The van der Waals surface area contributed by atoms with Crippen molar-refractivity contribution in [2.24, 2.45) is 0 Å². The summed E-state index contributed by atoms with van der Waals surface area (Å²) in [6.07, 6.45) is 1.66. The third-order valence-corrected chi connectivity index (χ3v) is 2.54. The molecule has 0 atom stereocenters. The molecule has 3 nitrogen and oxygen atoms in total. The molecule has 0 spiro atoms. The van der Waals surface area contributed by atoms with E-state index in [0.717, 1.165) is 10.8 Å². The molecular weight excluding hydrogens is 205 g/mol. The summed E-state index contributed by atoms with van der Waals surface area (Å²) < 4.78 is 13.1. The summed E-state index contributed by atoms with van der Waals surface area (Å²) in [6, 6.07) is 8.21. The van der Waals surface area contributed by atoms with Crippen LogP contribution in [0.2, 0.25) is 0 Å². The zero-order chi connectivity index (χ0) is 11.1. The van der Waals surface area contributed by atoms with E-state index in [-0.39, 0.29) is 5.82 Å². The van der Waals surface area contributed by atoms with Gasteiger partial charge in [0, 0.05) is 23.0 Å². The van der Waals surface area contributed by atoms with Crippen molar-refractivity contribution in [2.75, 3.05) is 5.73 Å². The standard InChI is InChI=1S/C12H8FN3/c13-7-3-4-8-9-2-1-5-15-11(9)12(14)16-10(8)6-7/h1-6H,(H2,14,16). The molecule has 0 aliphatic heterocycles. The Morgan fingerprint density at radius 3 is 2.88 bits per heavy atom. The fourth-order valence-corrected chi connectivity index (χ4v) is 1.83. The van der Waals surface area contributed by atoms with Crippen LogP contribution in [0.25, 0.3) is 21.8 Å². The van der Waals surface area contributed by atoms with Gasteiger partial charge in [-0.15, -0.1) is 0 Å². The molecule has 3 aromatic rings. The highest BCUT2D eigenvalue weighted by Gasteiger charge is 2.06. The first-order chi connectivity index (χ1) is 7.75. The van der Waals surface area contributed by atoms with E-state index in [9.17, 15) is 4.39 Å². The Hall–Kier alpha value is -2.23. The molecule has 0 unspecified atom stereocenters. The fourth-order valence-electron chi connectivity index (χ4n) is 1.83. The molecule has 0 saturated heterocycles. The van der Waals surface area contributed by atoms with Gasteiger partial charge in [0.2, 0.25) is 0 Å². The zero-order valence-electron chi connectivity index (χ0n) is 8.31.